The zero-order chi connectivity index (χ0) is 15.6. The molecule has 0 spiro atoms. The fraction of sp³-hybridized carbons (Fsp3) is 0.556. The van der Waals surface area contributed by atoms with Gasteiger partial charge in [-0.15, -0.1) is 16.4 Å². The molecule has 0 saturated carbocycles. The zero-order valence-corrected chi connectivity index (χ0v) is 14.5. The summed E-state index contributed by atoms with van der Waals surface area (Å²) in [5, 5.41) is 14.7. The predicted octanol–water partition coefficient (Wildman–Crippen LogP) is 2.95. The standard InChI is InChI=1S/C18H24N4S/c1-13-6-7-23-17(13)10-19-9-14-11-22(12-14)18-8-15-4-2-3-5-16(15)20-21-18/h6-8,14,19H,2-5,9-12H2,1H3. The van der Waals surface area contributed by atoms with Crippen molar-refractivity contribution < 1.29 is 0 Å². The molecule has 4 nitrogen and oxygen atoms in total. The average Bonchev–Trinajstić information content (AvgIpc) is 2.94. The van der Waals surface area contributed by atoms with Gasteiger partial charge in [-0.25, -0.2) is 0 Å². The number of nitrogens with one attached hydrogen (secondary N) is 1. The summed E-state index contributed by atoms with van der Waals surface area (Å²) in [6, 6.07) is 4.47. The van der Waals surface area contributed by atoms with Crippen molar-refractivity contribution in [3.63, 3.8) is 0 Å². The van der Waals surface area contributed by atoms with Crippen LogP contribution in [0.4, 0.5) is 5.82 Å². The van der Waals surface area contributed by atoms with Gasteiger partial charge in [-0.2, -0.15) is 5.10 Å². The molecule has 2 aromatic heterocycles. The van der Waals surface area contributed by atoms with Crippen LogP contribution in [-0.2, 0) is 19.4 Å². The van der Waals surface area contributed by atoms with Gasteiger partial charge in [0, 0.05) is 37.0 Å². The van der Waals surface area contributed by atoms with Crippen LogP contribution in [0.2, 0.25) is 0 Å². The molecule has 1 fully saturated rings. The second-order valence-corrected chi connectivity index (χ2v) is 7.81. The van der Waals surface area contributed by atoms with Crippen LogP contribution in [0, 0.1) is 12.8 Å². The van der Waals surface area contributed by atoms with Crippen LogP contribution in [0.15, 0.2) is 17.5 Å². The molecule has 0 aromatic carbocycles. The van der Waals surface area contributed by atoms with Crippen LogP contribution in [0.3, 0.4) is 0 Å². The lowest BCUT2D eigenvalue weighted by molar-refractivity contribution is 0.381. The Labute approximate surface area is 141 Å². The smallest absolute Gasteiger partial charge is 0.151 e. The molecule has 0 bridgehead atoms. The molecule has 1 saturated heterocycles. The van der Waals surface area contributed by atoms with E-state index in [0.717, 1.165) is 44.3 Å². The highest BCUT2D eigenvalue weighted by atomic mass is 32.1. The number of hydrogen-bond donors (Lipinski definition) is 1. The molecule has 4 rings (SSSR count). The van der Waals surface area contributed by atoms with Crippen LogP contribution in [-0.4, -0.2) is 29.8 Å². The molecule has 5 heteroatoms. The lowest BCUT2D eigenvalue weighted by Gasteiger charge is -2.40. The number of thiophene rings is 1. The van der Waals surface area contributed by atoms with Crippen molar-refractivity contribution in [3.8, 4) is 0 Å². The van der Waals surface area contributed by atoms with E-state index in [2.05, 4.69) is 44.9 Å². The van der Waals surface area contributed by atoms with Crippen molar-refractivity contribution in [2.75, 3.05) is 24.5 Å². The van der Waals surface area contributed by atoms with E-state index in [4.69, 9.17) is 0 Å². The van der Waals surface area contributed by atoms with Gasteiger partial charge in [-0.3, -0.25) is 0 Å². The van der Waals surface area contributed by atoms with E-state index in [-0.39, 0.29) is 0 Å². The maximum atomic E-state index is 4.45. The molecule has 2 aromatic rings. The van der Waals surface area contributed by atoms with Gasteiger partial charge in [0.1, 0.15) is 0 Å². The van der Waals surface area contributed by atoms with Gasteiger partial charge < -0.3 is 10.2 Å². The van der Waals surface area contributed by atoms with Gasteiger partial charge in [-0.05, 0) is 61.2 Å². The molecule has 1 aliphatic heterocycles. The minimum absolute atomic E-state index is 0.730. The number of anilines is 1. The minimum atomic E-state index is 0.730. The molecule has 3 heterocycles. The van der Waals surface area contributed by atoms with Crippen molar-refractivity contribution in [3.05, 3.63) is 39.2 Å². The Morgan fingerprint density at radius 3 is 2.96 bits per heavy atom. The first-order valence-electron chi connectivity index (χ1n) is 8.63. The fourth-order valence-electron chi connectivity index (χ4n) is 3.49. The van der Waals surface area contributed by atoms with Crippen LogP contribution in [0.1, 0.15) is 34.5 Å². The average molecular weight is 328 g/mol. The highest BCUT2D eigenvalue weighted by Crippen LogP contribution is 2.26. The molecule has 2 aliphatic rings. The van der Waals surface area contributed by atoms with Gasteiger partial charge in [0.2, 0.25) is 0 Å². The maximum absolute atomic E-state index is 4.45. The first kappa shape index (κ1) is 15.1. The van der Waals surface area contributed by atoms with E-state index in [1.807, 2.05) is 11.3 Å². The Bertz CT molecular complexity index is 675. The van der Waals surface area contributed by atoms with Crippen LogP contribution >= 0.6 is 11.3 Å². The molecule has 1 aliphatic carbocycles. The van der Waals surface area contributed by atoms with Gasteiger partial charge in [0.05, 0.1) is 5.69 Å². The lowest BCUT2D eigenvalue weighted by Crippen LogP contribution is -2.51. The first-order chi connectivity index (χ1) is 11.3. The first-order valence-corrected chi connectivity index (χ1v) is 9.51. The second kappa shape index (κ2) is 6.57. The van der Waals surface area contributed by atoms with E-state index < -0.39 is 0 Å². The van der Waals surface area contributed by atoms with E-state index in [1.165, 1.54) is 41.0 Å². The quantitative estimate of drug-likeness (QED) is 0.916. The number of hydrogen-bond acceptors (Lipinski definition) is 5. The number of aromatic nitrogens is 2. The molecule has 23 heavy (non-hydrogen) atoms. The number of nitrogens with zero attached hydrogens (tertiary/aromatic N) is 3. The topological polar surface area (TPSA) is 41.0 Å². The normalized spacial score (nSPS) is 17.9. The number of fused-ring (bicyclic) bond motifs is 1. The van der Waals surface area contributed by atoms with E-state index >= 15 is 0 Å². The van der Waals surface area contributed by atoms with E-state index in [1.54, 1.807) is 0 Å². The van der Waals surface area contributed by atoms with Gasteiger partial charge in [0.25, 0.3) is 0 Å². The van der Waals surface area contributed by atoms with Crippen molar-refractivity contribution in [2.45, 2.75) is 39.2 Å². The predicted molar refractivity (Wildman–Crippen MR) is 95.1 cm³/mol. The molecule has 1 N–H and O–H groups in total. The van der Waals surface area contributed by atoms with Crippen LogP contribution in [0.25, 0.3) is 0 Å². The Hall–Kier alpha value is -1.46. The molecule has 0 atom stereocenters. The summed E-state index contributed by atoms with van der Waals surface area (Å²) in [5.74, 6) is 1.81. The minimum Gasteiger partial charge on any atom is -0.354 e. The zero-order valence-electron chi connectivity index (χ0n) is 13.7. The monoisotopic (exact) mass is 328 g/mol. The summed E-state index contributed by atoms with van der Waals surface area (Å²) in [7, 11) is 0. The third kappa shape index (κ3) is 3.26. The summed E-state index contributed by atoms with van der Waals surface area (Å²) in [6.45, 7) is 6.48. The van der Waals surface area contributed by atoms with E-state index in [0.29, 0.717) is 0 Å². The van der Waals surface area contributed by atoms with Gasteiger partial charge in [0.15, 0.2) is 5.82 Å². The van der Waals surface area contributed by atoms with Crippen molar-refractivity contribution in [1.82, 2.24) is 15.5 Å². The summed E-state index contributed by atoms with van der Waals surface area (Å²) in [6.07, 6.45) is 4.85. The number of aryl methyl sites for hydroxylation is 3. The van der Waals surface area contributed by atoms with Crippen molar-refractivity contribution in [2.24, 2.45) is 5.92 Å². The molecule has 0 radical (unpaired) electrons. The largest absolute Gasteiger partial charge is 0.354 e. The Morgan fingerprint density at radius 1 is 1.26 bits per heavy atom. The summed E-state index contributed by atoms with van der Waals surface area (Å²) < 4.78 is 0. The Morgan fingerprint density at radius 2 is 2.13 bits per heavy atom. The highest BCUT2D eigenvalue weighted by Gasteiger charge is 2.28. The Kier molecular flexibility index (Phi) is 4.31. The summed E-state index contributed by atoms with van der Waals surface area (Å²) in [4.78, 5) is 3.83. The SMILES string of the molecule is Cc1ccsc1CNCC1CN(c2cc3c(nn2)CCCC3)C1. The van der Waals surface area contributed by atoms with Crippen LogP contribution < -0.4 is 10.2 Å². The van der Waals surface area contributed by atoms with Gasteiger partial charge >= 0.3 is 0 Å². The Balaban J connectivity index is 1.26. The van der Waals surface area contributed by atoms with Gasteiger partial charge in [-0.1, -0.05) is 0 Å². The number of rotatable bonds is 5. The highest BCUT2D eigenvalue weighted by molar-refractivity contribution is 7.10. The van der Waals surface area contributed by atoms with Crippen molar-refractivity contribution >= 4 is 17.2 Å². The molecular weight excluding hydrogens is 304 g/mol. The third-order valence-corrected chi connectivity index (χ3v) is 6.05. The molecule has 0 unspecified atom stereocenters. The maximum Gasteiger partial charge on any atom is 0.151 e. The molecular formula is C18H24N4S. The summed E-state index contributed by atoms with van der Waals surface area (Å²) >= 11 is 1.85. The van der Waals surface area contributed by atoms with Crippen molar-refractivity contribution in [1.29, 1.82) is 0 Å². The third-order valence-electron chi connectivity index (χ3n) is 5.02. The second-order valence-electron chi connectivity index (χ2n) is 6.81. The van der Waals surface area contributed by atoms with Crippen LogP contribution in [0.5, 0.6) is 0 Å². The molecule has 0 amide bonds. The van der Waals surface area contributed by atoms with E-state index in [9.17, 15) is 0 Å². The molecule has 122 valence electrons. The lowest BCUT2D eigenvalue weighted by atomic mass is 9.95. The fourth-order valence-corrected chi connectivity index (χ4v) is 4.37. The summed E-state index contributed by atoms with van der Waals surface area (Å²) in [5.41, 5.74) is 4.06.